The van der Waals surface area contributed by atoms with Gasteiger partial charge in [-0.25, -0.2) is 9.97 Å². The minimum atomic E-state index is -0.633. The zero-order valence-corrected chi connectivity index (χ0v) is 23.0. The van der Waals surface area contributed by atoms with Crippen molar-refractivity contribution in [1.29, 1.82) is 0 Å². The molecule has 6 aromatic rings. The van der Waals surface area contributed by atoms with Crippen molar-refractivity contribution < 1.29 is 4.42 Å². The second-order valence-electron chi connectivity index (χ2n) is 10.1. The van der Waals surface area contributed by atoms with Gasteiger partial charge in [0.25, 0.3) is 0 Å². The molecule has 0 atom stereocenters. The van der Waals surface area contributed by atoms with Gasteiger partial charge < -0.3 is 8.98 Å². The summed E-state index contributed by atoms with van der Waals surface area (Å²) in [6.07, 6.45) is 7.88. The van der Waals surface area contributed by atoms with Crippen molar-refractivity contribution in [3.63, 3.8) is 0 Å². The highest BCUT2D eigenvalue weighted by atomic mass is 16.3. The number of oxazole rings is 1. The third-order valence-electron chi connectivity index (χ3n) is 7.64. The van der Waals surface area contributed by atoms with Gasteiger partial charge >= 0.3 is 0 Å². The molecule has 0 aliphatic heterocycles. The number of rotatable bonds is 7. The van der Waals surface area contributed by atoms with Crippen LogP contribution in [0.5, 0.6) is 0 Å². The van der Waals surface area contributed by atoms with Crippen molar-refractivity contribution in [2.45, 2.75) is 26.3 Å². The van der Waals surface area contributed by atoms with Gasteiger partial charge in [-0.05, 0) is 53.3 Å². The SMILES string of the molecule is Cc1nc(/C=C(\c2cn(C(c3ccccc3)(c3ccccc3)c3ccccc3)cn2)c2cccc(C)c2C)co1. The van der Waals surface area contributed by atoms with Crippen molar-refractivity contribution in [3.8, 4) is 0 Å². The molecule has 0 N–H and O–H groups in total. The summed E-state index contributed by atoms with van der Waals surface area (Å²) in [5.41, 5.74) is 9.01. The van der Waals surface area contributed by atoms with E-state index in [1.54, 1.807) is 6.26 Å². The van der Waals surface area contributed by atoms with Crippen LogP contribution in [0.25, 0.3) is 11.6 Å². The van der Waals surface area contributed by atoms with Crippen molar-refractivity contribution in [2.24, 2.45) is 0 Å². The number of nitrogens with zero attached hydrogens (tertiary/aromatic N) is 3. The molecule has 2 heterocycles. The van der Waals surface area contributed by atoms with Crippen LogP contribution >= 0.6 is 0 Å². The number of benzene rings is 4. The summed E-state index contributed by atoms with van der Waals surface area (Å²) in [5, 5.41) is 0. The van der Waals surface area contributed by atoms with Gasteiger partial charge in [0, 0.05) is 18.7 Å². The molecular weight excluding hydrogens is 490 g/mol. The molecule has 0 spiro atoms. The lowest BCUT2D eigenvalue weighted by Gasteiger charge is -2.37. The highest BCUT2D eigenvalue weighted by molar-refractivity contribution is 5.90. The van der Waals surface area contributed by atoms with E-state index in [-0.39, 0.29) is 0 Å². The van der Waals surface area contributed by atoms with E-state index in [2.05, 4.69) is 145 Å². The predicted molar refractivity (Wildman–Crippen MR) is 161 cm³/mol. The zero-order chi connectivity index (χ0) is 27.5. The van der Waals surface area contributed by atoms with Gasteiger partial charge in [0.05, 0.1) is 12.0 Å². The fourth-order valence-electron chi connectivity index (χ4n) is 5.56. The minimum absolute atomic E-state index is 0.633. The van der Waals surface area contributed by atoms with Crippen LogP contribution in [-0.4, -0.2) is 14.5 Å². The molecule has 0 saturated carbocycles. The summed E-state index contributed by atoms with van der Waals surface area (Å²) in [4.78, 5) is 9.62. The summed E-state index contributed by atoms with van der Waals surface area (Å²) in [6, 6.07) is 38.3. The Morgan fingerprint density at radius 1 is 0.725 bits per heavy atom. The molecule has 4 nitrogen and oxygen atoms in total. The summed E-state index contributed by atoms with van der Waals surface area (Å²) in [5.74, 6) is 0.633. The van der Waals surface area contributed by atoms with Crippen LogP contribution < -0.4 is 0 Å². The summed E-state index contributed by atoms with van der Waals surface area (Å²) >= 11 is 0. The Labute approximate surface area is 235 Å². The smallest absolute Gasteiger partial charge is 0.191 e. The van der Waals surface area contributed by atoms with E-state index < -0.39 is 5.54 Å². The first-order chi connectivity index (χ1) is 19.6. The Hall–Kier alpha value is -4.96. The average molecular weight is 522 g/mol. The molecule has 4 aromatic carbocycles. The fourth-order valence-corrected chi connectivity index (χ4v) is 5.56. The Kier molecular flexibility index (Phi) is 6.75. The number of imidazole rings is 1. The van der Waals surface area contributed by atoms with Gasteiger partial charge in [-0.15, -0.1) is 0 Å². The van der Waals surface area contributed by atoms with Crippen LogP contribution in [0.4, 0.5) is 0 Å². The molecule has 0 bridgehead atoms. The maximum Gasteiger partial charge on any atom is 0.191 e. The van der Waals surface area contributed by atoms with Gasteiger partial charge in [0.1, 0.15) is 17.5 Å². The lowest BCUT2D eigenvalue weighted by molar-refractivity contribution is 0.514. The van der Waals surface area contributed by atoms with Crippen LogP contribution in [0.1, 0.15) is 50.7 Å². The second kappa shape index (κ2) is 10.7. The summed E-state index contributed by atoms with van der Waals surface area (Å²) in [6.45, 7) is 6.16. The first kappa shape index (κ1) is 25.3. The van der Waals surface area contributed by atoms with Gasteiger partial charge in [0.2, 0.25) is 0 Å². The predicted octanol–water partition coefficient (Wildman–Crippen LogP) is 8.23. The van der Waals surface area contributed by atoms with E-state index >= 15 is 0 Å². The lowest BCUT2D eigenvalue weighted by Crippen LogP contribution is -2.36. The fraction of sp³-hybridized carbons (Fsp3) is 0.111. The third-order valence-corrected chi connectivity index (χ3v) is 7.64. The topological polar surface area (TPSA) is 43.9 Å². The summed E-state index contributed by atoms with van der Waals surface area (Å²) < 4.78 is 7.79. The van der Waals surface area contributed by atoms with Crippen LogP contribution in [0.2, 0.25) is 0 Å². The zero-order valence-electron chi connectivity index (χ0n) is 23.0. The number of aromatic nitrogens is 3. The molecule has 0 fully saturated rings. The molecule has 0 radical (unpaired) electrons. The molecule has 6 rings (SSSR count). The van der Waals surface area contributed by atoms with Crippen LogP contribution in [-0.2, 0) is 5.54 Å². The van der Waals surface area contributed by atoms with Gasteiger partial charge in [-0.2, -0.15) is 0 Å². The highest BCUT2D eigenvalue weighted by Crippen LogP contribution is 2.41. The molecule has 196 valence electrons. The molecule has 0 aliphatic rings. The maximum atomic E-state index is 5.54. The largest absolute Gasteiger partial charge is 0.449 e. The van der Waals surface area contributed by atoms with Crippen LogP contribution in [0.15, 0.2) is 132 Å². The van der Waals surface area contributed by atoms with Crippen molar-refractivity contribution >= 4 is 11.6 Å². The van der Waals surface area contributed by atoms with E-state index in [4.69, 9.17) is 9.40 Å². The Balaban J connectivity index is 1.63. The molecule has 0 amide bonds. The quantitative estimate of drug-likeness (QED) is 0.199. The third kappa shape index (κ3) is 4.48. The first-order valence-corrected chi connectivity index (χ1v) is 13.5. The van der Waals surface area contributed by atoms with E-state index in [0.29, 0.717) is 5.89 Å². The standard InChI is InChI=1S/C36H31N3O/c1-26-14-13-21-33(27(26)2)34(22-32-24-40-28(3)38-32)35-23-39(25-37-35)36(29-15-7-4-8-16-29,30-17-9-5-10-18-30)31-19-11-6-12-20-31/h4-25H,1-3H3/b34-22-. The van der Waals surface area contributed by atoms with Gasteiger partial charge in [0.15, 0.2) is 5.89 Å². The molecule has 40 heavy (non-hydrogen) atoms. The lowest BCUT2D eigenvalue weighted by atomic mass is 9.76. The molecule has 2 aromatic heterocycles. The first-order valence-electron chi connectivity index (χ1n) is 13.5. The Morgan fingerprint density at radius 2 is 1.30 bits per heavy atom. The number of hydrogen-bond acceptors (Lipinski definition) is 3. The van der Waals surface area contributed by atoms with Crippen molar-refractivity contribution in [2.75, 3.05) is 0 Å². The Bertz CT molecular complexity index is 1670. The Morgan fingerprint density at radius 3 is 1.82 bits per heavy atom. The van der Waals surface area contributed by atoms with Gasteiger partial charge in [-0.3, -0.25) is 0 Å². The van der Waals surface area contributed by atoms with Crippen LogP contribution in [0, 0.1) is 20.8 Å². The molecular formula is C36H31N3O. The van der Waals surface area contributed by atoms with E-state index in [1.807, 2.05) is 13.3 Å². The van der Waals surface area contributed by atoms with E-state index in [0.717, 1.165) is 39.2 Å². The number of aryl methyl sites for hydroxylation is 2. The maximum absolute atomic E-state index is 5.54. The molecule has 0 saturated heterocycles. The average Bonchev–Trinajstić information content (AvgIpc) is 3.65. The molecule has 0 unspecified atom stereocenters. The monoisotopic (exact) mass is 521 g/mol. The van der Waals surface area contributed by atoms with Crippen molar-refractivity contribution in [1.82, 2.24) is 14.5 Å². The van der Waals surface area contributed by atoms with E-state index in [9.17, 15) is 0 Å². The highest BCUT2D eigenvalue weighted by Gasteiger charge is 2.38. The number of hydrogen-bond donors (Lipinski definition) is 0. The van der Waals surface area contributed by atoms with Gasteiger partial charge in [-0.1, -0.05) is 109 Å². The second-order valence-corrected chi connectivity index (χ2v) is 10.1. The van der Waals surface area contributed by atoms with Crippen LogP contribution in [0.3, 0.4) is 0 Å². The normalized spacial score (nSPS) is 12.0. The summed E-state index contributed by atoms with van der Waals surface area (Å²) in [7, 11) is 0. The van der Waals surface area contributed by atoms with Crippen molar-refractivity contribution in [3.05, 3.63) is 179 Å². The molecule has 0 aliphatic carbocycles. The molecule has 4 heteroatoms. The minimum Gasteiger partial charge on any atom is -0.449 e. The van der Waals surface area contributed by atoms with E-state index in [1.165, 1.54) is 11.1 Å².